The Hall–Kier alpha value is -10.7. The molecule has 0 aromatic heterocycles. The van der Waals surface area contributed by atoms with E-state index in [1.54, 1.807) is 70.2 Å². The van der Waals surface area contributed by atoms with Crippen molar-refractivity contribution in [3.8, 4) is 0 Å². The Bertz CT molecular complexity index is 5390. The first-order valence-electron chi connectivity index (χ1n) is 43.0. The predicted molar refractivity (Wildman–Crippen MR) is 475 cm³/mol. The van der Waals surface area contributed by atoms with Gasteiger partial charge in [0.15, 0.2) is 60.4 Å². The van der Waals surface area contributed by atoms with Crippen molar-refractivity contribution >= 4 is 46.4 Å². The van der Waals surface area contributed by atoms with Gasteiger partial charge in [0.05, 0.1) is 88.0 Å². The van der Waals surface area contributed by atoms with Crippen molar-refractivity contribution in [1.82, 2.24) is 15.9 Å². The molecule has 5 saturated heterocycles. The number of hydrogen-bond donors (Lipinski definition) is 6. The number of epoxide rings is 1. The Balaban J connectivity index is 0.000000359. The number of thiocarbonyl (C=S) groups is 1. The zero-order chi connectivity index (χ0) is 113. The normalized spacial score (nSPS) is 21.6. The van der Waals surface area contributed by atoms with Crippen molar-refractivity contribution in [2.24, 2.45) is 28.6 Å². The van der Waals surface area contributed by atoms with Gasteiger partial charge in [0, 0.05) is 52.6 Å². The molecule has 6 aromatic rings. The van der Waals surface area contributed by atoms with E-state index in [9.17, 15) is 152 Å². The Morgan fingerprint density at radius 2 is 0.878 bits per heavy atom. The number of aliphatic hydroxyl groups excluding tert-OH is 2. The van der Waals surface area contributed by atoms with Crippen LogP contribution in [0.4, 0.5) is 127 Å². The highest BCUT2D eigenvalue weighted by molar-refractivity contribution is 7.80. The summed E-state index contributed by atoms with van der Waals surface area (Å²) in [5, 5.41) is 34.3. The van der Waals surface area contributed by atoms with Crippen LogP contribution < -0.4 is 16.5 Å². The van der Waals surface area contributed by atoms with Gasteiger partial charge in [-0.25, -0.2) is 31.8 Å². The van der Waals surface area contributed by atoms with Gasteiger partial charge in [-0.1, -0.05) is 151 Å². The SMILES string of the molecule is C=C[C@H](OCC(=NO)c1cccc(C)c1F)C(F)(F)F.C=C[C@H](OCC(=O)N(C)OC)C(F)(F)F.C=C[C@H](OCC(=O)OC(C)(C)C)C(F)(F)F.C=C[C@H](OCC(=O)c1cccc(C)c1F)C(F)(F)F.Cc1cccc([C@]2(N)CO[C@H](C(F)(F)F)[C@H]2CO)c1F.Cc1cccc([C@]2(NC(=S)CC(=O)c3ccccc3)CO[C@H](C(F)(F)F)[C@H]2CO)c1F.Cc1cccc([C@]23CO[C@H](C(F)(F)F)[C@H]2CON3)c1F.FC(F)(F)[C@@H]1CO1. The molecule has 148 heavy (non-hydrogen) atoms. The Morgan fingerprint density at radius 3 is 1.29 bits per heavy atom. The third kappa shape index (κ3) is 36.9. The third-order valence-corrected chi connectivity index (χ3v) is 22.0. The summed E-state index contributed by atoms with van der Waals surface area (Å²) >= 11 is 5.27. The van der Waals surface area contributed by atoms with Crippen molar-refractivity contribution in [2.75, 3.05) is 86.8 Å². The topological polar surface area (TPSA) is 299 Å². The van der Waals surface area contributed by atoms with E-state index in [4.69, 9.17) is 46.9 Å². The second kappa shape index (κ2) is 54.9. The molecule has 0 unspecified atom stereocenters. The smallest absolute Gasteiger partial charge is 0.418 e. The molecule has 0 aliphatic carbocycles. The minimum atomic E-state index is -4.78. The average molecular weight is 2190 g/mol. The monoisotopic (exact) mass is 2190 g/mol. The molecule has 5 fully saturated rings. The number of alkyl halides is 24. The van der Waals surface area contributed by atoms with E-state index in [1.807, 2.05) is 0 Å². The van der Waals surface area contributed by atoms with Gasteiger partial charge in [-0.15, -0.1) is 26.3 Å². The number of esters is 1. The van der Waals surface area contributed by atoms with Crippen molar-refractivity contribution in [2.45, 2.75) is 182 Å². The summed E-state index contributed by atoms with van der Waals surface area (Å²) in [6.07, 6.45) is -51.1. The molecule has 5 aliphatic heterocycles. The number of nitrogens with one attached hydrogen (secondary N) is 2. The molecule has 0 radical (unpaired) electrons. The summed E-state index contributed by atoms with van der Waals surface area (Å²) in [4.78, 5) is 55.5. The van der Waals surface area contributed by atoms with Gasteiger partial charge >= 0.3 is 55.4 Å². The first-order valence-corrected chi connectivity index (χ1v) is 43.4. The predicted octanol–water partition coefficient (Wildman–Crippen LogP) is 19.8. The van der Waals surface area contributed by atoms with E-state index in [2.05, 4.69) is 70.8 Å². The molecule has 53 heteroatoms. The van der Waals surface area contributed by atoms with E-state index in [0.29, 0.717) is 35.4 Å². The van der Waals surface area contributed by atoms with Gasteiger partial charge in [-0.2, -0.15) is 111 Å². The summed E-state index contributed by atoms with van der Waals surface area (Å²) in [5.74, 6) is -10.1. The molecule has 7 N–H and O–H groups in total. The van der Waals surface area contributed by atoms with E-state index in [0.717, 1.165) is 5.06 Å². The van der Waals surface area contributed by atoms with Gasteiger partial charge in [-0.05, 0) is 95.3 Å². The molecule has 826 valence electrons. The number of carbonyl (C=O) groups excluding carboxylic acids is 4. The molecule has 23 nitrogen and oxygen atoms in total. The van der Waals surface area contributed by atoms with Crippen LogP contribution in [0, 0.1) is 81.5 Å². The van der Waals surface area contributed by atoms with Crippen molar-refractivity contribution in [1.29, 1.82) is 0 Å². The van der Waals surface area contributed by atoms with Crippen molar-refractivity contribution in [3.63, 3.8) is 0 Å². The number of nitrogens with zero attached hydrogens (tertiary/aromatic N) is 2. The summed E-state index contributed by atoms with van der Waals surface area (Å²) < 4.78 is 410. The number of ketones is 2. The average Bonchev–Trinajstić information content (AvgIpc) is 1.27. The van der Waals surface area contributed by atoms with Gasteiger partial charge in [0.2, 0.25) is 0 Å². The molecular formula is C95H104F29N5O18S. The van der Waals surface area contributed by atoms with Crippen LogP contribution in [0.3, 0.4) is 0 Å². The van der Waals surface area contributed by atoms with Crippen LogP contribution in [0.2, 0.25) is 0 Å². The van der Waals surface area contributed by atoms with Crippen molar-refractivity contribution < 1.29 is 214 Å². The molecule has 0 spiro atoms. The molecule has 5 heterocycles. The van der Waals surface area contributed by atoms with Crippen LogP contribution in [-0.4, -0.2) is 245 Å². The Kier molecular flexibility index (Phi) is 48.0. The lowest BCUT2D eigenvalue weighted by molar-refractivity contribution is -0.219. The molecule has 1 amide bonds. The number of carbonyl (C=O) groups is 4. The highest BCUT2D eigenvalue weighted by Gasteiger charge is 2.65. The molecular weight excluding hydrogens is 2080 g/mol. The quantitative estimate of drug-likeness (QED) is 0.00306. The maximum atomic E-state index is 15.0. The number of nitrogens with two attached hydrogens (primary N) is 1. The second-order valence-electron chi connectivity index (χ2n) is 33.6. The summed E-state index contributed by atoms with van der Waals surface area (Å²) in [6, 6.07) is 29.9. The zero-order valence-electron chi connectivity index (χ0n) is 79.8. The largest absolute Gasteiger partial charge is 0.458 e. The van der Waals surface area contributed by atoms with E-state index < -0.39 is 238 Å². The minimum Gasteiger partial charge on any atom is -0.458 e. The molecule has 0 saturated carbocycles. The zero-order valence-corrected chi connectivity index (χ0v) is 80.6. The van der Waals surface area contributed by atoms with E-state index >= 15 is 4.39 Å². The lowest BCUT2D eigenvalue weighted by Gasteiger charge is -2.37. The Labute approximate surface area is 833 Å². The second-order valence-corrected chi connectivity index (χ2v) is 34.1. The maximum absolute atomic E-state index is 15.0. The van der Waals surface area contributed by atoms with E-state index in [1.165, 1.54) is 121 Å². The molecule has 14 atom stereocenters. The molecule has 6 aromatic carbocycles. The van der Waals surface area contributed by atoms with E-state index in [-0.39, 0.29) is 92.8 Å². The number of aliphatic hydroxyl groups is 2. The minimum absolute atomic E-state index is 0.0664. The fraction of sp³-hybridized carbons (Fsp3) is 0.474. The number of oxime groups is 1. The number of rotatable bonds is 28. The maximum Gasteiger partial charge on any atom is 0.418 e. The third-order valence-electron chi connectivity index (χ3n) is 21.8. The molecule has 0 bridgehead atoms. The summed E-state index contributed by atoms with van der Waals surface area (Å²) in [6.45, 7) is 17.8. The first-order chi connectivity index (χ1) is 68.2. The van der Waals surface area contributed by atoms with Crippen molar-refractivity contribution in [3.05, 3.63) is 262 Å². The fourth-order valence-corrected chi connectivity index (χ4v) is 14.4. The number of halogens is 29. The number of benzene rings is 6. The Morgan fingerprint density at radius 1 is 0.493 bits per heavy atom. The number of Topliss-reactive ketones (excluding diaryl/α,β-unsaturated/α-hetero) is 2. The number of hydroxylamine groups is 3. The number of likely N-dealkylation sites (N-methyl/N-ethyl adjacent to an activating group) is 1. The van der Waals surface area contributed by atoms with Crippen LogP contribution >= 0.6 is 12.2 Å². The van der Waals surface area contributed by atoms with Gasteiger partial charge in [0.25, 0.3) is 5.91 Å². The van der Waals surface area contributed by atoms with Crippen LogP contribution in [0.25, 0.3) is 0 Å². The van der Waals surface area contributed by atoms with Crippen LogP contribution in [0.5, 0.6) is 0 Å². The number of aryl methyl sites for hydroxylation is 5. The summed E-state index contributed by atoms with van der Waals surface area (Å²) in [7, 11) is 2.48. The number of fused-ring (bicyclic) bond motifs is 1. The van der Waals surface area contributed by atoms with Crippen LogP contribution in [-0.2, 0) is 78.5 Å². The highest BCUT2D eigenvalue weighted by Crippen LogP contribution is 2.51. The molecule has 5 aliphatic rings. The molecule has 11 rings (SSSR count). The first kappa shape index (κ1) is 130. The van der Waals surface area contributed by atoms with Crippen LogP contribution in [0.15, 0.2) is 177 Å². The lowest BCUT2D eigenvalue weighted by Crippen LogP contribution is -2.55. The standard InChI is InChI=1S/C22H21F4NO3S.C13H13F4NO2.C13H15F4NO2.C13H13F4NO2.C13H12F4O2.C10H15F3O3.C8H12F3NO3.C3H3F3O/c1-13-6-5-9-15(19(13)23)21(12-30-20(16(21)11-28)22(24,25)26)27-18(31)10-17(29)14-7-3-2-4-8-14;1-7-3-2-4-8(10(7)14)12-6-19-11(13(15,16)17)9(12)5-20-18-12;1-7-3-2-4-8(10(7)14)12(18)6-20-11(9(12)5-19)13(15,16)17;1-3-11(13(15,16)17)20-7-10(18-19)9-6-4-5-8(2)12(9)14;1-3-11(13(15,16)17)19-7-10(18)9-6-4-5-8(2)12(9)14;1-5-7(10(11,12)13)15-6-8(14)16-9(2,3)4;1-4-6(8(9,10)11)15-5-7(13)12(2)14-3;4-3(5,6)2-1-7-2/h2-9,16,20,28H,10-12H2,1H3,(H,27,31);2-4,9,11,18H,5-6H2,1H3;2-4,9,11,19H,5-6,18H2,1H3;3-6,11,19H,1,7H2,2H3;3-6,11H,1,7H2,2H3;5,7H,1,6H2,2-4H3;4,6H,1,5H2,2-3H3;2H,1H2/t16-,20+,21-;2*9-,11+,12-;2*11-;7-;6-;2-/m11100000/s1. The van der Waals surface area contributed by atoms with Crippen LogP contribution in [0.1, 0.15) is 98.0 Å². The van der Waals surface area contributed by atoms with Gasteiger partial charge in [0.1, 0.15) is 65.8 Å². The number of ether oxygens (including phenoxy) is 9. The number of hydrogen-bond acceptors (Lipinski definition) is 22. The van der Waals surface area contributed by atoms with Gasteiger partial charge in [-0.3, -0.25) is 19.2 Å². The summed E-state index contributed by atoms with van der Waals surface area (Å²) in [5.41, 5.74) is 4.03. The lowest BCUT2D eigenvalue weighted by atomic mass is 9.77. The van der Waals surface area contributed by atoms with Gasteiger partial charge < -0.3 is 73.9 Å². The number of amides is 1. The fourth-order valence-electron chi connectivity index (χ4n) is 14.0. The highest BCUT2D eigenvalue weighted by atomic mass is 32.1.